The molecule has 0 spiro atoms. The molecule has 0 aromatic heterocycles. The van der Waals surface area contributed by atoms with Gasteiger partial charge in [0, 0.05) is 12.1 Å². The standard InChI is InChI=1S/C15H15NO2/c1-2-16-15(18)13-7-3-5-11(9-13)12-6-4-8-14(17)10-12/h3-10,17H,2H2,1H3,(H,16,18). The van der Waals surface area contributed by atoms with E-state index in [0.29, 0.717) is 12.1 Å². The smallest absolute Gasteiger partial charge is 0.251 e. The molecular weight excluding hydrogens is 226 g/mol. The predicted octanol–water partition coefficient (Wildman–Crippen LogP) is 2.81. The number of phenolic OH excluding ortho intramolecular Hbond substituents is 1. The van der Waals surface area contributed by atoms with E-state index in [4.69, 9.17) is 0 Å². The lowest BCUT2D eigenvalue weighted by molar-refractivity contribution is 0.0956. The second kappa shape index (κ2) is 5.36. The average Bonchev–Trinajstić information content (AvgIpc) is 2.39. The number of nitrogens with one attached hydrogen (secondary N) is 1. The molecule has 18 heavy (non-hydrogen) atoms. The Morgan fingerprint density at radius 3 is 2.44 bits per heavy atom. The molecule has 3 nitrogen and oxygen atoms in total. The zero-order chi connectivity index (χ0) is 13.0. The molecule has 0 fully saturated rings. The molecule has 2 rings (SSSR count). The van der Waals surface area contributed by atoms with Gasteiger partial charge >= 0.3 is 0 Å². The van der Waals surface area contributed by atoms with Crippen LogP contribution in [0.1, 0.15) is 17.3 Å². The summed E-state index contributed by atoms with van der Waals surface area (Å²) in [4.78, 5) is 11.7. The Morgan fingerprint density at radius 2 is 1.78 bits per heavy atom. The third-order valence-electron chi connectivity index (χ3n) is 2.64. The summed E-state index contributed by atoms with van der Waals surface area (Å²) in [5, 5.41) is 12.2. The molecule has 0 aliphatic heterocycles. The number of benzene rings is 2. The van der Waals surface area contributed by atoms with E-state index in [1.54, 1.807) is 24.3 Å². The first-order chi connectivity index (χ1) is 8.70. The Morgan fingerprint density at radius 1 is 1.11 bits per heavy atom. The van der Waals surface area contributed by atoms with Gasteiger partial charge in [-0.25, -0.2) is 0 Å². The van der Waals surface area contributed by atoms with Gasteiger partial charge in [0.15, 0.2) is 0 Å². The first-order valence-electron chi connectivity index (χ1n) is 5.88. The second-order valence-electron chi connectivity index (χ2n) is 3.99. The number of hydrogen-bond donors (Lipinski definition) is 2. The molecule has 0 unspecified atom stereocenters. The predicted molar refractivity (Wildman–Crippen MR) is 71.6 cm³/mol. The molecule has 0 atom stereocenters. The van der Waals surface area contributed by atoms with Crippen LogP contribution in [0.3, 0.4) is 0 Å². The molecule has 2 aromatic carbocycles. The van der Waals surface area contributed by atoms with Crippen molar-refractivity contribution in [3.8, 4) is 16.9 Å². The summed E-state index contributed by atoms with van der Waals surface area (Å²) in [6, 6.07) is 14.3. The summed E-state index contributed by atoms with van der Waals surface area (Å²) in [6.07, 6.45) is 0. The maximum absolute atomic E-state index is 11.7. The van der Waals surface area contributed by atoms with Crippen LogP contribution in [-0.2, 0) is 0 Å². The van der Waals surface area contributed by atoms with E-state index < -0.39 is 0 Å². The van der Waals surface area contributed by atoms with E-state index in [-0.39, 0.29) is 11.7 Å². The number of carbonyl (C=O) groups is 1. The Hall–Kier alpha value is -2.29. The van der Waals surface area contributed by atoms with E-state index in [1.807, 2.05) is 31.2 Å². The van der Waals surface area contributed by atoms with Crippen LogP contribution >= 0.6 is 0 Å². The fraction of sp³-hybridized carbons (Fsp3) is 0.133. The van der Waals surface area contributed by atoms with Gasteiger partial charge in [-0.1, -0.05) is 24.3 Å². The highest BCUT2D eigenvalue weighted by Gasteiger charge is 2.06. The lowest BCUT2D eigenvalue weighted by atomic mass is 10.0. The van der Waals surface area contributed by atoms with Gasteiger partial charge < -0.3 is 10.4 Å². The fourth-order valence-electron chi connectivity index (χ4n) is 1.79. The molecule has 0 aliphatic rings. The highest BCUT2D eigenvalue weighted by Crippen LogP contribution is 2.23. The van der Waals surface area contributed by atoms with E-state index in [1.165, 1.54) is 0 Å². The maximum Gasteiger partial charge on any atom is 0.251 e. The lowest BCUT2D eigenvalue weighted by Crippen LogP contribution is -2.22. The van der Waals surface area contributed by atoms with Crippen molar-refractivity contribution >= 4 is 5.91 Å². The molecule has 0 saturated heterocycles. The molecule has 0 heterocycles. The van der Waals surface area contributed by atoms with Crippen molar-refractivity contribution < 1.29 is 9.90 Å². The summed E-state index contributed by atoms with van der Waals surface area (Å²) in [5.74, 6) is 0.135. The summed E-state index contributed by atoms with van der Waals surface area (Å²) in [5.41, 5.74) is 2.42. The van der Waals surface area contributed by atoms with Crippen molar-refractivity contribution in [1.29, 1.82) is 0 Å². The van der Waals surface area contributed by atoms with E-state index >= 15 is 0 Å². The highest BCUT2D eigenvalue weighted by atomic mass is 16.3. The number of rotatable bonds is 3. The first kappa shape index (κ1) is 12.2. The van der Waals surface area contributed by atoms with Crippen LogP contribution in [0.2, 0.25) is 0 Å². The Kier molecular flexibility index (Phi) is 3.63. The number of carbonyl (C=O) groups excluding carboxylic acids is 1. The van der Waals surface area contributed by atoms with E-state index in [9.17, 15) is 9.90 Å². The first-order valence-corrected chi connectivity index (χ1v) is 5.88. The van der Waals surface area contributed by atoms with Crippen LogP contribution in [0.25, 0.3) is 11.1 Å². The largest absolute Gasteiger partial charge is 0.508 e. The Balaban J connectivity index is 2.35. The van der Waals surface area contributed by atoms with Crippen LogP contribution in [0.5, 0.6) is 5.75 Å². The molecule has 0 saturated carbocycles. The number of amides is 1. The summed E-state index contributed by atoms with van der Waals surface area (Å²) >= 11 is 0. The third kappa shape index (κ3) is 2.69. The van der Waals surface area contributed by atoms with Crippen molar-refractivity contribution in [3.63, 3.8) is 0 Å². The molecule has 0 radical (unpaired) electrons. The van der Waals surface area contributed by atoms with Crippen molar-refractivity contribution in [2.75, 3.05) is 6.54 Å². The van der Waals surface area contributed by atoms with Crippen molar-refractivity contribution in [1.82, 2.24) is 5.32 Å². The molecule has 0 aliphatic carbocycles. The van der Waals surface area contributed by atoms with Gasteiger partial charge in [0.25, 0.3) is 5.91 Å². The van der Waals surface area contributed by atoms with Gasteiger partial charge in [-0.3, -0.25) is 4.79 Å². The molecule has 0 bridgehead atoms. The number of aromatic hydroxyl groups is 1. The molecule has 2 N–H and O–H groups in total. The maximum atomic E-state index is 11.7. The molecule has 2 aromatic rings. The summed E-state index contributed by atoms with van der Waals surface area (Å²) < 4.78 is 0. The van der Waals surface area contributed by atoms with Crippen molar-refractivity contribution in [3.05, 3.63) is 54.1 Å². The van der Waals surface area contributed by atoms with Gasteiger partial charge in [-0.05, 0) is 42.3 Å². The SMILES string of the molecule is CCNC(=O)c1cccc(-c2cccc(O)c2)c1. The van der Waals surface area contributed by atoms with Crippen LogP contribution in [0.4, 0.5) is 0 Å². The monoisotopic (exact) mass is 241 g/mol. The summed E-state index contributed by atoms with van der Waals surface area (Å²) in [7, 11) is 0. The molecule has 3 heteroatoms. The Bertz CT molecular complexity index is 564. The minimum Gasteiger partial charge on any atom is -0.508 e. The topological polar surface area (TPSA) is 49.3 Å². The molecule has 92 valence electrons. The minimum atomic E-state index is -0.0838. The van der Waals surface area contributed by atoms with Gasteiger partial charge in [-0.2, -0.15) is 0 Å². The van der Waals surface area contributed by atoms with Crippen molar-refractivity contribution in [2.24, 2.45) is 0 Å². The van der Waals surface area contributed by atoms with Gasteiger partial charge in [0.05, 0.1) is 0 Å². The summed E-state index contributed by atoms with van der Waals surface area (Å²) in [6.45, 7) is 2.49. The zero-order valence-electron chi connectivity index (χ0n) is 10.2. The minimum absolute atomic E-state index is 0.0838. The van der Waals surface area contributed by atoms with Gasteiger partial charge in [0.2, 0.25) is 0 Å². The number of hydrogen-bond acceptors (Lipinski definition) is 2. The molecule has 1 amide bonds. The number of phenols is 1. The van der Waals surface area contributed by atoms with Crippen molar-refractivity contribution in [2.45, 2.75) is 6.92 Å². The average molecular weight is 241 g/mol. The van der Waals surface area contributed by atoms with Crippen LogP contribution < -0.4 is 5.32 Å². The zero-order valence-corrected chi connectivity index (χ0v) is 10.2. The lowest BCUT2D eigenvalue weighted by Gasteiger charge is -2.06. The molecular formula is C15H15NO2. The fourth-order valence-corrected chi connectivity index (χ4v) is 1.79. The van der Waals surface area contributed by atoms with Crippen LogP contribution in [0, 0.1) is 0 Å². The van der Waals surface area contributed by atoms with Crippen LogP contribution in [-0.4, -0.2) is 17.6 Å². The highest BCUT2D eigenvalue weighted by molar-refractivity contribution is 5.95. The second-order valence-corrected chi connectivity index (χ2v) is 3.99. The normalized spacial score (nSPS) is 10.1. The Labute approximate surface area is 106 Å². The van der Waals surface area contributed by atoms with Gasteiger partial charge in [0.1, 0.15) is 5.75 Å². The van der Waals surface area contributed by atoms with E-state index in [0.717, 1.165) is 11.1 Å². The quantitative estimate of drug-likeness (QED) is 0.868. The van der Waals surface area contributed by atoms with E-state index in [2.05, 4.69) is 5.32 Å². The third-order valence-corrected chi connectivity index (χ3v) is 2.64. The van der Waals surface area contributed by atoms with Gasteiger partial charge in [-0.15, -0.1) is 0 Å². The van der Waals surface area contributed by atoms with Crippen LogP contribution in [0.15, 0.2) is 48.5 Å².